The van der Waals surface area contributed by atoms with Gasteiger partial charge in [0, 0.05) is 17.2 Å². The number of hydrogen-bond acceptors (Lipinski definition) is 4. The summed E-state index contributed by atoms with van der Waals surface area (Å²) in [6.45, 7) is 3.74. The molecule has 5 nitrogen and oxygen atoms in total. The average molecular weight is 308 g/mol. The molecule has 0 N–H and O–H groups in total. The van der Waals surface area contributed by atoms with Crippen LogP contribution in [-0.4, -0.2) is 28.6 Å². The largest absolute Gasteiger partial charge is 0.618 e. The second-order valence-electron chi connectivity index (χ2n) is 5.64. The zero-order valence-corrected chi connectivity index (χ0v) is 12.4. The van der Waals surface area contributed by atoms with Crippen LogP contribution < -0.4 is 0 Å². The Morgan fingerprint density at radius 3 is 2.62 bits per heavy atom. The predicted molar refractivity (Wildman–Crippen MR) is 77.5 cm³/mol. The summed E-state index contributed by atoms with van der Waals surface area (Å²) in [7, 11) is 0. The lowest BCUT2D eigenvalue weighted by Gasteiger charge is -2.30. The van der Waals surface area contributed by atoms with Crippen molar-refractivity contribution in [2.24, 2.45) is 0 Å². The molecule has 2 heterocycles. The van der Waals surface area contributed by atoms with Gasteiger partial charge in [-0.3, -0.25) is 0 Å². The van der Waals surface area contributed by atoms with Crippen molar-refractivity contribution in [2.45, 2.75) is 25.9 Å². The van der Waals surface area contributed by atoms with E-state index in [0.717, 1.165) is 4.74 Å². The SMILES string of the molecule is CC1(C)C/C(=[N+](\[O-])c2ccc(Cl)cc2)C2=C(O1)C(=O)OC2. The number of carbonyl (C=O) groups excluding carboxylic acids is 1. The predicted octanol–water partition coefficient (Wildman–Crippen LogP) is 2.93. The summed E-state index contributed by atoms with van der Waals surface area (Å²) in [5, 5.41) is 13.2. The van der Waals surface area contributed by atoms with Crippen LogP contribution in [0.1, 0.15) is 20.3 Å². The monoisotopic (exact) mass is 307 g/mol. The highest BCUT2D eigenvalue weighted by Gasteiger charge is 2.44. The standard InChI is InChI=1S/C15H14ClNO4/c1-15(2)7-12(11-8-20-14(18)13(11)21-15)17(19)10-5-3-9(16)4-6-10/h3-6H,7-8H2,1-2H3/b17-12+. The first-order valence-corrected chi connectivity index (χ1v) is 6.93. The number of esters is 1. The van der Waals surface area contributed by atoms with Crippen LogP contribution in [0, 0.1) is 5.21 Å². The molecule has 0 radical (unpaired) electrons. The summed E-state index contributed by atoms with van der Waals surface area (Å²) in [6.07, 6.45) is 0.397. The van der Waals surface area contributed by atoms with Gasteiger partial charge in [-0.05, 0) is 26.0 Å². The lowest BCUT2D eigenvalue weighted by atomic mass is 9.93. The van der Waals surface area contributed by atoms with E-state index in [1.807, 2.05) is 13.8 Å². The van der Waals surface area contributed by atoms with Crippen LogP contribution in [-0.2, 0) is 14.3 Å². The average Bonchev–Trinajstić information content (AvgIpc) is 2.78. The van der Waals surface area contributed by atoms with E-state index >= 15 is 0 Å². The molecule has 0 amide bonds. The smallest absolute Gasteiger partial charge is 0.374 e. The Morgan fingerprint density at radius 1 is 1.29 bits per heavy atom. The van der Waals surface area contributed by atoms with E-state index in [1.54, 1.807) is 24.3 Å². The zero-order chi connectivity index (χ0) is 15.2. The second kappa shape index (κ2) is 4.77. The van der Waals surface area contributed by atoms with Gasteiger partial charge in [0.15, 0.2) is 0 Å². The van der Waals surface area contributed by atoms with Crippen molar-refractivity contribution < 1.29 is 19.0 Å². The Morgan fingerprint density at radius 2 is 1.95 bits per heavy atom. The molecule has 0 fully saturated rings. The number of benzene rings is 1. The minimum atomic E-state index is -0.632. The van der Waals surface area contributed by atoms with Gasteiger partial charge in [0.25, 0.3) is 0 Å². The van der Waals surface area contributed by atoms with Crippen molar-refractivity contribution in [3.05, 3.63) is 45.8 Å². The summed E-state index contributed by atoms with van der Waals surface area (Å²) in [6, 6.07) is 6.59. The van der Waals surface area contributed by atoms with E-state index in [2.05, 4.69) is 0 Å². The van der Waals surface area contributed by atoms with Crippen molar-refractivity contribution in [2.75, 3.05) is 6.61 Å². The number of hydrogen-bond donors (Lipinski definition) is 0. The fraction of sp³-hybridized carbons (Fsp3) is 0.333. The highest BCUT2D eigenvalue weighted by Crippen LogP contribution is 2.34. The molecule has 6 heteroatoms. The number of halogens is 1. The molecule has 0 unspecified atom stereocenters. The molecule has 3 rings (SSSR count). The lowest BCUT2D eigenvalue weighted by molar-refractivity contribution is -0.363. The first-order chi connectivity index (χ1) is 9.87. The Kier molecular flexibility index (Phi) is 3.17. The third kappa shape index (κ3) is 2.49. The fourth-order valence-corrected chi connectivity index (χ4v) is 2.58. The van der Waals surface area contributed by atoms with Crippen molar-refractivity contribution in [3.63, 3.8) is 0 Å². The van der Waals surface area contributed by atoms with Gasteiger partial charge >= 0.3 is 5.97 Å². The van der Waals surface area contributed by atoms with E-state index in [9.17, 15) is 10.0 Å². The Balaban J connectivity index is 2.12. The topological polar surface area (TPSA) is 61.6 Å². The molecule has 0 aromatic heterocycles. The molecule has 0 aliphatic carbocycles. The highest BCUT2D eigenvalue weighted by molar-refractivity contribution is 6.30. The molecule has 2 aliphatic heterocycles. The summed E-state index contributed by atoms with van der Waals surface area (Å²) >= 11 is 5.83. The lowest BCUT2D eigenvalue weighted by Crippen LogP contribution is -2.36. The van der Waals surface area contributed by atoms with Crippen LogP contribution in [0.25, 0.3) is 0 Å². The van der Waals surface area contributed by atoms with Crippen LogP contribution in [0.5, 0.6) is 0 Å². The van der Waals surface area contributed by atoms with Crippen LogP contribution in [0.3, 0.4) is 0 Å². The minimum Gasteiger partial charge on any atom is -0.618 e. The maximum Gasteiger partial charge on any atom is 0.374 e. The molecule has 0 atom stereocenters. The van der Waals surface area contributed by atoms with E-state index in [-0.39, 0.29) is 12.4 Å². The maximum absolute atomic E-state index is 12.6. The van der Waals surface area contributed by atoms with E-state index in [0.29, 0.717) is 28.4 Å². The Bertz CT molecular complexity index is 673. The van der Waals surface area contributed by atoms with Crippen molar-refractivity contribution in [3.8, 4) is 0 Å². The molecule has 21 heavy (non-hydrogen) atoms. The molecule has 1 aromatic rings. The van der Waals surface area contributed by atoms with Crippen LogP contribution >= 0.6 is 11.6 Å². The third-order valence-electron chi connectivity index (χ3n) is 3.43. The van der Waals surface area contributed by atoms with Gasteiger partial charge in [-0.25, -0.2) is 4.79 Å². The number of rotatable bonds is 1. The van der Waals surface area contributed by atoms with E-state index in [1.165, 1.54) is 0 Å². The number of nitrogens with zero attached hydrogens (tertiary/aromatic N) is 1. The van der Waals surface area contributed by atoms with Gasteiger partial charge < -0.3 is 14.7 Å². The Hall–Kier alpha value is -2.01. The summed E-state index contributed by atoms with van der Waals surface area (Å²) in [4.78, 5) is 11.7. The normalized spacial score (nSPS) is 22.5. The van der Waals surface area contributed by atoms with Gasteiger partial charge in [0.1, 0.15) is 17.8 Å². The first kappa shape index (κ1) is 13.9. The molecule has 2 aliphatic rings. The molecule has 0 saturated heterocycles. The van der Waals surface area contributed by atoms with Gasteiger partial charge in [0.2, 0.25) is 17.2 Å². The van der Waals surface area contributed by atoms with Crippen LogP contribution in [0.2, 0.25) is 5.02 Å². The summed E-state index contributed by atoms with van der Waals surface area (Å²) in [5.74, 6) is -0.365. The molecular formula is C15H14ClNO4. The number of cyclic esters (lactones) is 1. The molecule has 0 saturated carbocycles. The van der Waals surface area contributed by atoms with E-state index < -0.39 is 11.6 Å². The number of carbonyl (C=O) groups is 1. The molecule has 110 valence electrons. The fourth-order valence-electron chi connectivity index (χ4n) is 2.46. The maximum atomic E-state index is 12.6. The molecule has 0 spiro atoms. The van der Waals surface area contributed by atoms with Crippen molar-refractivity contribution in [1.29, 1.82) is 0 Å². The Labute approximate surface area is 127 Å². The second-order valence-corrected chi connectivity index (χ2v) is 6.08. The van der Waals surface area contributed by atoms with Crippen LogP contribution in [0.4, 0.5) is 5.69 Å². The van der Waals surface area contributed by atoms with Crippen LogP contribution in [0.15, 0.2) is 35.6 Å². The number of ether oxygens (including phenoxy) is 2. The van der Waals surface area contributed by atoms with E-state index in [4.69, 9.17) is 21.1 Å². The molecule has 1 aromatic carbocycles. The summed E-state index contributed by atoms with van der Waals surface area (Å²) in [5.41, 5.74) is 0.851. The first-order valence-electron chi connectivity index (χ1n) is 6.56. The van der Waals surface area contributed by atoms with Gasteiger partial charge in [-0.2, -0.15) is 4.74 Å². The quantitative estimate of drug-likeness (QED) is 0.346. The van der Waals surface area contributed by atoms with Crippen molar-refractivity contribution >= 4 is 29.0 Å². The molecular weight excluding hydrogens is 294 g/mol. The van der Waals surface area contributed by atoms with Gasteiger partial charge in [-0.15, -0.1) is 0 Å². The van der Waals surface area contributed by atoms with Gasteiger partial charge in [-0.1, -0.05) is 11.6 Å². The minimum absolute atomic E-state index is 0.0753. The third-order valence-corrected chi connectivity index (χ3v) is 3.69. The highest BCUT2D eigenvalue weighted by atomic mass is 35.5. The zero-order valence-electron chi connectivity index (χ0n) is 11.7. The summed E-state index contributed by atoms with van der Waals surface area (Å²) < 4.78 is 11.4. The molecule has 0 bridgehead atoms. The van der Waals surface area contributed by atoms with Crippen molar-refractivity contribution in [1.82, 2.24) is 0 Å². The van der Waals surface area contributed by atoms with Gasteiger partial charge in [0.05, 0.1) is 6.42 Å².